The fourth-order valence-electron chi connectivity index (χ4n) is 3.07. The van der Waals surface area contributed by atoms with E-state index in [4.69, 9.17) is 0 Å². The quantitative estimate of drug-likeness (QED) is 0.532. The van der Waals surface area contributed by atoms with Gasteiger partial charge in [-0.15, -0.1) is 0 Å². The second kappa shape index (κ2) is 6.73. The maximum absolute atomic E-state index is 12.9. The van der Waals surface area contributed by atoms with Crippen LogP contribution in [0.4, 0.5) is 5.69 Å². The van der Waals surface area contributed by atoms with Crippen LogP contribution < -0.4 is 16.6 Å². The highest BCUT2D eigenvalue weighted by molar-refractivity contribution is 5.94. The number of hydrogen-bond acceptors (Lipinski definition) is 5. The van der Waals surface area contributed by atoms with Crippen LogP contribution in [0, 0.1) is 6.92 Å². The molecule has 28 heavy (non-hydrogen) atoms. The summed E-state index contributed by atoms with van der Waals surface area (Å²) in [7, 11) is 0. The SMILES string of the molecule is CC(=O)Nc1cc2nc3[nH]c(=O)n(Cc4ccccc4)c(=O)c3nc2cc1C. The summed E-state index contributed by atoms with van der Waals surface area (Å²) in [5.74, 6) is -0.201. The molecule has 4 aromatic rings. The molecule has 2 heterocycles. The second-order valence-corrected chi connectivity index (χ2v) is 6.56. The Morgan fingerprint density at radius 3 is 2.54 bits per heavy atom. The summed E-state index contributed by atoms with van der Waals surface area (Å²) in [5, 5.41) is 2.73. The molecule has 1 amide bonds. The van der Waals surface area contributed by atoms with Crippen LogP contribution in [0.15, 0.2) is 52.1 Å². The Morgan fingerprint density at radius 1 is 1.11 bits per heavy atom. The number of benzene rings is 2. The Morgan fingerprint density at radius 2 is 1.82 bits per heavy atom. The van der Waals surface area contributed by atoms with Gasteiger partial charge in [0.2, 0.25) is 5.91 Å². The molecule has 140 valence electrons. The molecule has 2 aromatic heterocycles. The van der Waals surface area contributed by atoms with Gasteiger partial charge in [-0.2, -0.15) is 0 Å². The van der Waals surface area contributed by atoms with E-state index >= 15 is 0 Å². The topological polar surface area (TPSA) is 110 Å². The van der Waals surface area contributed by atoms with Gasteiger partial charge < -0.3 is 5.32 Å². The third-order valence-electron chi connectivity index (χ3n) is 4.42. The molecule has 8 heteroatoms. The summed E-state index contributed by atoms with van der Waals surface area (Å²) in [4.78, 5) is 48.1. The monoisotopic (exact) mass is 375 g/mol. The molecule has 0 spiro atoms. The van der Waals surface area contributed by atoms with E-state index in [0.717, 1.165) is 15.7 Å². The number of carbonyl (C=O) groups is 1. The molecule has 0 saturated carbocycles. The van der Waals surface area contributed by atoms with E-state index in [9.17, 15) is 14.4 Å². The van der Waals surface area contributed by atoms with Gasteiger partial charge in [-0.05, 0) is 30.2 Å². The summed E-state index contributed by atoms with van der Waals surface area (Å²) in [5.41, 5.74) is 2.37. The Balaban J connectivity index is 1.90. The highest BCUT2D eigenvalue weighted by atomic mass is 16.2. The second-order valence-electron chi connectivity index (χ2n) is 6.56. The lowest BCUT2D eigenvalue weighted by Crippen LogP contribution is -2.36. The number of aryl methyl sites for hydroxylation is 1. The zero-order chi connectivity index (χ0) is 19.8. The molecule has 0 atom stereocenters. The fourth-order valence-corrected chi connectivity index (χ4v) is 3.07. The lowest BCUT2D eigenvalue weighted by atomic mass is 10.1. The minimum atomic E-state index is -0.552. The minimum Gasteiger partial charge on any atom is -0.326 e. The third-order valence-corrected chi connectivity index (χ3v) is 4.42. The van der Waals surface area contributed by atoms with Crippen LogP contribution in [0.1, 0.15) is 18.1 Å². The molecule has 0 bridgehead atoms. The lowest BCUT2D eigenvalue weighted by molar-refractivity contribution is -0.114. The van der Waals surface area contributed by atoms with Gasteiger partial charge >= 0.3 is 5.69 Å². The first-order valence-electron chi connectivity index (χ1n) is 8.69. The maximum atomic E-state index is 12.9. The number of aromatic amines is 1. The number of aromatic nitrogens is 4. The molecule has 0 aliphatic carbocycles. The van der Waals surface area contributed by atoms with Gasteiger partial charge in [-0.3, -0.25) is 19.1 Å². The van der Waals surface area contributed by atoms with Gasteiger partial charge in [0.15, 0.2) is 11.2 Å². The molecule has 4 rings (SSSR count). The van der Waals surface area contributed by atoms with Gasteiger partial charge in [-0.1, -0.05) is 30.3 Å². The van der Waals surface area contributed by atoms with Crippen molar-refractivity contribution in [1.82, 2.24) is 19.5 Å². The van der Waals surface area contributed by atoms with Crippen molar-refractivity contribution in [3.63, 3.8) is 0 Å². The zero-order valence-corrected chi connectivity index (χ0v) is 15.3. The van der Waals surface area contributed by atoms with Crippen molar-refractivity contribution in [2.75, 3.05) is 5.32 Å². The highest BCUT2D eigenvalue weighted by Gasteiger charge is 2.13. The van der Waals surface area contributed by atoms with Crippen molar-refractivity contribution in [3.05, 3.63) is 74.4 Å². The highest BCUT2D eigenvalue weighted by Crippen LogP contribution is 2.22. The first kappa shape index (κ1) is 17.6. The van der Waals surface area contributed by atoms with E-state index in [2.05, 4.69) is 20.3 Å². The van der Waals surface area contributed by atoms with Crippen LogP contribution in [0.3, 0.4) is 0 Å². The number of anilines is 1. The molecule has 2 N–H and O–H groups in total. The van der Waals surface area contributed by atoms with E-state index in [1.54, 1.807) is 12.1 Å². The Kier molecular flexibility index (Phi) is 4.23. The van der Waals surface area contributed by atoms with Crippen LogP contribution in [-0.4, -0.2) is 25.4 Å². The molecule has 0 radical (unpaired) electrons. The van der Waals surface area contributed by atoms with Crippen molar-refractivity contribution in [3.8, 4) is 0 Å². The van der Waals surface area contributed by atoms with Crippen LogP contribution in [-0.2, 0) is 11.3 Å². The van der Waals surface area contributed by atoms with E-state index in [-0.39, 0.29) is 23.6 Å². The fraction of sp³-hybridized carbons (Fsp3) is 0.150. The largest absolute Gasteiger partial charge is 0.330 e. The van der Waals surface area contributed by atoms with Gasteiger partial charge in [0.05, 0.1) is 17.6 Å². The summed E-state index contributed by atoms with van der Waals surface area (Å²) < 4.78 is 1.11. The Bertz CT molecular complexity index is 1340. The summed E-state index contributed by atoms with van der Waals surface area (Å²) in [6.07, 6.45) is 0. The molecule has 2 aromatic carbocycles. The predicted molar refractivity (Wildman–Crippen MR) is 107 cm³/mol. The smallest absolute Gasteiger partial charge is 0.326 e. The Labute approximate surface area is 158 Å². The Hall–Kier alpha value is -3.81. The molecular weight excluding hydrogens is 358 g/mol. The number of amides is 1. The number of nitrogens with one attached hydrogen (secondary N) is 2. The first-order valence-corrected chi connectivity index (χ1v) is 8.69. The van der Waals surface area contributed by atoms with Gasteiger partial charge in [0.1, 0.15) is 0 Å². The molecular formula is C20H17N5O3. The average molecular weight is 375 g/mol. The van der Waals surface area contributed by atoms with Crippen molar-refractivity contribution in [1.29, 1.82) is 0 Å². The summed E-state index contributed by atoms with van der Waals surface area (Å²) >= 11 is 0. The summed E-state index contributed by atoms with van der Waals surface area (Å²) in [6, 6.07) is 12.7. The van der Waals surface area contributed by atoms with Gasteiger partial charge in [0.25, 0.3) is 5.56 Å². The average Bonchev–Trinajstić information content (AvgIpc) is 2.65. The third kappa shape index (κ3) is 3.16. The van der Waals surface area contributed by atoms with Crippen LogP contribution in [0.25, 0.3) is 22.2 Å². The number of hydrogen-bond donors (Lipinski definition) is 2. The normalized spacial score (nSPS) is 11.1. The molecule has 0 unspecified atom stereocenters. The predicted octanol–water partition coefficient (Wildman–Crippen LogP) is 1.95. The molecule has 0 aliphatic rings. The summed E-state index contributed by atoms with van der Waals surface area (Å²) in [6.45, 7) is 3.39. The zero-order valence-electron chi connectivity index (χ0n) is 15.3. The number of fused-ring (bicyclic) bond motifs is 2. The van der Waals surface area contributed by atoms with Crippen molar-refractivity contribution < 1.29 is 4.79 Å². The van der Waals surface area contributed by atoms with Crippen molar-refractivity contribution >= 4 is 33.8 Å². The van der Waals surface area contributed by atoms with E-state index in [1.807, 2.05) is 37.3 Å². The number of rotatable bonds is 3. The van der Waals surface area contributed by atoms with Crippen molar-refractivity contribution in [2.45, 2.75) is 20.4 Å². The van der Waals surface area contributed by atoms with E-state index in [1.165, 1.54) is 6.92 Å². The number of carbonyl (C=O) groups excluding carboxylic acids is 1. The molecule has 0 saturated heterocycles. The first-order chi connectivity index (χ1) is 13.4. The molecule has 8 nitrogen and oxygen atoms in total. The number of nitrogens with zero attached hydrogens (tertiary/aromatic N) is 3. The van der Waals surface area contributed by atoms with Crippen molar-refractivity contribution in [2.24, 2.45) is 0 Å². The van der Waals surface area contributed by atoms with E-state index < -0.39 is 11.2 Å². The molecule has 0 aliphatic heterocycles. The standard InChI is InChI=1S/C20H17N5O3/c1-11-8-15-16(9-14(11)21-12(2)26)23-18-17(22-15)19(27)25(20(28)24-18)10-13-6-4-3-5-7-13/h3-9H,10H2,1-2H3,(H,21,26)(H,23,24,28). The minimum absolute atomic E-state index is 0.0923. The lowest BCUT2D eigenvalue weighted by Gasteiger charge is -2.09. The molecule has 0 fully saturated rings. The van der Waals surface area contributed by atoms with Crippen LogP contribution >= 0.6 is 0 Å². The maximum Gasteiger partial charge on any atom is 0.330 e. The van der Waals surface area contributed by atoms with E-state index in [0.29, 0.717) is 16.7 Å². The van der Waals surface area contributed by atoms with Gasteiger partial charge in [0, 0.05) is 12.6 Å². The van der Waals surface area contributed by atoms with Gasteiger partial charge in [-0.25, -0.2) is 14.8 Å². The van der Waals surface area contributed by atoms with Crippen LogP contribution in [0.2, 0.25) is 0 Å². The number of H-pyrrole nitrogens is 1. The van der Waals surface area contributed by atoms with Crippen LogP contribution in [0.5, 0.6) is 0 Å².